The lowest BCUT2D eigenvalue weighted by Gasteiger charge is -2.15. The number of benzene rings is 1. The number of anilines is 1. The highest BCUT2D eigenvalue weighted by Gasteiger charge is 2.30. The number of aliphatic hydroxyl groups excluding tert-OH is 1. The molecule has 1 aromatic carbocycles. The number of aliphatic hydroxyl groups is 1. The van der Waals surface area contributed by atoms with Gasteiger partial charge in [-0.2, -0.15) is 5.26 Å². The van der Waals surface area contributed by atoms with Gasteiger partial charge in [0.2, 0.25) is 5.91 Å². The first-order chi connectivity index (χ1) is 11.5. The van der Waals surface area contributed by atoms with Gasteiger partial charge in [-0.1, -0.05) is 5.16 Å². The van der Waals surface area contributed by atoms with Gasteiger partial charge in [-0.05, 0) is 31.2 Å². The molecule has 1 aromatic heterocycles. The molecule has 0 aliphatic rings. The van der Waals surface area contributed by atoms with Crippen molar-refractivity contribution in [2.75, 3.05) is 12.4 Å². The monoisotopic (exact) mass is 329 g/mol. The van der Waals surface area contributed by atoms with Crippen LogP contribution < -0.4 is 5.32 Å². The second-order valence-electron chi connectivity index (χ2n) is 4.97. The molecular weight excluding hydrogens is 314 g/mol. The number of esters is 1. The van der Waals surface area contributed by atoms with Crippen molar-refractivity contribution in [3.05, 3.63) is 47.3 Å². The number of ether oxygens (including phenoxy) is 1. The van der Waals surface area contributed by atoms with Crippen LogP contribution in [0.5, 0.6) is 0 Å². The van der Waals surface area contributed by atoms with Crippen molar-refractivity contribution < 1.29 is 24.0 Å². The van der Waals surface area contributed by atoms with Crippen LogP contribution in [0.15, 0.2) is 35.1 Å². The minimum atomic E-state index is -1.37. The van der Waals surface area contributed by atoms with Crippen LogP contribution >= 0.6 is 0 Å². The fourth-order valence-electron chi connectivity index (χ4n) is 2.06. The predicted octanol–water partition coefficient (Wildman–Crippen LogP) is 1.58. The Bertz CT molecular complexity index is 776. The summed E-state index contributed by atoms with van der Waals surface area (Å²) in [5.41, 5.74) is 1.38. The molecule has 0 radical (unpaired) electrons. The molecular formula is C16H15N3O5. The molecule has 8 heteroatoms. The van der Waals surface area contributed by atoms with Crippen LogP contribution in [-0.4, -0.2) is 29.2 Å². The van der Waals surface area contributed by atoms with Gasteiger partial charge in [-0.25, -0.2) is 4.79 Å². The first-order valence-corrected chi connectivity index (χ1v) is 6.95. The Hall–Kier alpha value is -3.18. The number of amides is 1. The number of hydrogen-bond donors (Lipinski definition) is 2. The third-order valence-corrected chi connectivity index (χ3v) is 3.42. The topological polar surface area (TPSA) is 125 Å². The molecule has 0 bridgehead atoms. The van der Waals surface area contributed by atoms with E-state index in [-0.39, 0.29) is 5.56 Å². The molecule has 1 amide bonds. The summed E-state index contributed by atoms with van der Waals surface area (Å²) in [6, 6.07) is 7.71. The number of nitrogens with zero attached hydrogens (tertiary/aromatic N) is 2. The third-order valence-electron chi connectivity index (χ3n) is 3.42. The molecule has 0 aliphatic carbocycles. The van der Waals surface area contributed by atoms with Gasteiger partial charge in [0.05, 0.1) is 24.4 Å². The zero-order valence-corrected chi connectivity index (χ0v) is 13.0. The third kappa shape index (κ3) is 3.59. The molecule has 2 unspecified atom stereocenters. The average molecular weight is 329 g/mol. The highest BCUT2D eigenvalue weighted by Crippen LogP contribution is 2.25. The van der Waals surface area contributed by atoms with E-state index in [1.165, 1.54) is 37.6 Å². The Morgan fingerprint density at radius 2 is 2.04 bits per heavy atom. The standard InChI is InChI=1S/C16H15N3O5/c1-9-13(8-24-19-9)14(20)12(7-17)15(21)18-11-5-3-10(4-6-11)16(22)23-2/h3-6,8,12,14,20H,1-2H3,(H,18,21). The smallest absolute Gasteiger partial charge is 0.337 e. The molecule has 2 rings (SSSR count). The number of hydrogen-bond acceptors (Lipinski definition) is 7. The number of carbonyl (C=O) groups excluding carboxylic acids is 2. The van der Waals surface area contributed by atoms with Crippen molar-refractivity contribution in [3.8, 4) is 6.07 Å². The highest BCUT2D eigenvalue weighted by atomic mass is 16.5. The lowest BCUT2D eigenvalue weighted by Crippen LogP contribution is -2.27. The summed E-state index contributed by atoms with van der Waals surface area (Å²) < 4.78 is 9.29. The summed E-state index contributed by atoms with van der Waals surface area (Å²) in [4.78, 5) is 23.6. The largest absolute Gasteiger partial charge is 0.465 e. The summed E-state index contributed by atoms with van der Waals surface area (Å²) in [5.74, 6) is -2.53. The van der Waals surface area contributed by atoms with Crippen molar-refractivity contribution in [3.63, 3.8) is 0 Å². The van der Waals surface area contributed by atoms with Crippen LogP contribution in [0, 0.1) is 24.2 Å². The molecule has 8 nitrogen and oxygen atoms in total. The number of rotatable bonds is 5. The molecule has 0 aliphatic heterocycles. The van der Waals surface area contributed by atoms with E-state index in [1.807, 2.05) is 0 Å². The van der Waals surface area contributed by atoms with E-state index in [0.717, 1.165) is 0 Å². The molecule has 2 aromatic rings. The fraction of sp³-hybridized carbons (Fsp3) is 0.250. The SMILES string of the molecule is COC(=O)c1ccc(NC(=O)C(C#N)C(O)c2conc2C)cc1. The molecule has 2 atom stereocenters. The van der Waals surface area contributed by atoms with Crippen molar-refractivity contribution in [1.29, 1.82) is 5.26 Å². The Morgan fingerprint density at radius 3 is 2.54 bits per heavy atom. The van der Waals surface area contributed by atoms with Crippen molar-refractivity contribution in [2.45, 2.75) is 13.0 Å². The maximum atomic E-state index is 12.2. The number of aryl methyl sites for hydroxylation is 1. The minimum Gasteiger partial charge on any atom is -0.465 e. The summed E-state index contributed by atoms with van der Waals surface area (Å²) in [6.07, 6.45) is -0.168. The number of carbonyl (C=O) groups is 2. The molecule has 2 N–H and O–H groups in total. The van der Waals surface area contributed by atoms with E-state index in [1.54, 1.807) is 13.0 Å². The van der Waals surface area contributed by atoms with E-state index in [0.29, 0.717) is 16.9 Å². The summed E-state index contributed by atoms with van der Waals surface area (Å²) in [5, 5.41) is 25.5. The molecule has 0 spiro atoms. The van der Waals surface area contributed by atoms with Crippen LogP contribution in [-0.2, 0) is 9.53 Å². The number of nitrogens with one attached hydrogen (secondary N) is 1. The van der Waals surface area contributed by atoms with Crippen LogP contribution in [0.25, 0.3) is 0 Å². The highest BCUT2D eigenvalue weighted by molar-refractivity contribution is 5.95. The first kappa shape index (κ1) is 17.2. The average Bonchev–Trinajstić information content (AvgIpc) is 3.01. The number of nitriles is 1. The second kappa shape index (κ2) is 7.39. The van der Waals surface area contributed by atoms with E-state index in [4.69, 9.17) is 4.52 Å². The Kier molecular flexibility index (Phi) is 5.29. The fourth-order valence-corrected chi connectivity index (χ4v) is 2.06. The van der Waals surface area contributed by atoms with Crippen LogP contribution in [0.1, 0.15) is 27.7 Å². The zero-order chi connectivity index (χ0) is 17.7. The summed E-state index contributed by atoms with van der Waals surface area (Å²) >= 11 is 0. The summed E-state index contributed by atoms with van der Waals surface area (Å²) in [7, 11) is 1.27. The second-order valence-corrected chi connectivity index (χ2v) is 4.97. The van der Waals surface area contributed by atoms with Crippen molar-refractivity contribution in [2.24, 2.45) is 5.92 Å². The van der Waals surface area contributed by atoms with Gasteiger partial charge in [0.1, 0.15) is 12.4 Å². The molecule has 0 fully saturated rings. The summed E-state index contributed by atoms with van der Waals surface area (Å²) in [6.45, 7) is 1.60. The number of aromatic nitrogens is 1. The lowest BCUT2D eigenvalue weighted by molar-refractivity contribution is -0.121. The Labute approximate surface area is 137 Å². The maximum absolute atomic E-state index is 12.2. The van der Waals surface area contributed by atoms with Crippen LogP contribution in [0.3, 0.4) is 0 Å². The van der Waals surface area contributed by atoms with Gasteiger partial charge in [0.15, 0.2) is 5.92 Å². The van der Waals surface area contributed by atoms with Gasteiger partial charge in [0, 0.05) is 11.3 Å². The predicted molar refractivity (Wildman–Crippen MR) is 81.7 cm³/mol. The Balaban J connectivity index is 2.11. The van der Waals surface area contributed by atoms with Crippen molar-refractivity contribution in [1.82, 2.24) is 5.16 Å². The Morgan fingerprint density at radius 1 is 1.38 bits per heavy atom. The van der Waals surface area contributed by atoms with E-state index >= 15 is 0 Å². The molecule has 24 heavy (non-hydrogen) atoms. The van der Waals surface area contributed by atoms with E-state index < -0.39 is 23.9 Å². The minimum absolute atomic E-state index is 0.276. The van der Waals surface area contributed by atoms with Gasteiger partial charge >= 0.3 is 5.97 Å². The van der Waals surface area contributed by atoms with Gasteiger partial charge in [-0.15, -0.1) is 0 Å². The maximum Gasteiger partial charge on any atom is 0.337 e. The lowest BCUT2D eigenvalue weighted by atomic mass is 9.96. The van der Waals surface area contributed by atoms with E-state index in [9.17, 15) is 20.0 Å². The van der Waals surface area contributed by atoms with Crippen molar-refractivity contribution >= 4 is 17.6 Å². The molecule has 0 saturated carbocycles. The number of methoxy groups -OCH3 is 1. The quantitative estimate of drug-likeness (QED) is 0.798. The van der Waals surface area contributed by atoms with Gasteiger partial charge in [-0.3, -0.25) is 4.79 Å². The van der Waals surface area contributed by atoms with Crippen LogP contribution in [0.2, 0.25) is 0 Å². The van der Waals surface area contributed by atoms with Gasteiger partial charge < -0.3 is 19.7 Å². The molecule has 1 heterocycles. The van der Waals surface area contributed by atoms with Crippen LogP contribution in [0.4, 0.5) is 5.69 Å². The van der Waals surface area contributed by atoms with Gasteiger partial charge in [0.25, 0.3) is 0 Å². The normalized spacial score (nSPS) is 12.8. The zero-order valence-electron chi connectivity index (χ0n) is 13.0. The first-order valence-electron chi connectivity index (χ1n) is 6.95. The molecule has 124 valence electrons. The van der Waals surface area contributed by atoms with E-state index in [2.05, 4.69) is 15.2 Å². The molecule has 0 saturated heterocycles.